The maximum atomic E-state index is 13.0. The van der Waals surface area contributed by atoms with Crippen molar-refractivity contribution in [3.63, 3.8) is 0 Å². The summed E-state index contributed by atoms with van der Waals surface area (Å²) >= 11 is 0. The van der Waals surface area contributed by atoms with Gasteiger partial charge >= 0.3 is 0 Å². The van der Waals surface area contributed by atoms with Gasteiger partial charge in [0.2, 0.25) is 0 Å². The van der Waals surface area contributed by atoms with E-state index in [1.54, 1.807) is 22.7 Å². The first kappa shape index (κ1) is 20.1. The van der Waals surface area contributed by atoms with Gasteiger partial charge in [0.25, 0.3) is 5.91 Å². The topological polar surface area (TPSA) is 66.3 Å². The van der Waals surface area contributed by atoms with Crippen molar-refractivity contribution >= 4 is 11.7 Å². The van der Waals surface area contributed by atoms with Crippen molar-refractivity contribution in [3.05, 3.63) is 77.2 Å². The molecule has 1 amide bonds. The highest BCUT2D eigenvalue weighted by molar-refractivity contribution is 5.92. The molecule has 3 heterocycles. The van der Waals surface area contributed by atoms with E-state index in [4.69, 9.17) is 4.98 Å². The third kappa shape index (κ3) is 4.36. The molecule has 0 spiro atoms. The molecule has 3 aromatic rings. The predicted molar refractivity (Wildman–Crippen MR) is 117 cm³/mol. The third-order valence-corrected chi connectivity index (χ3v) is 5.52. The molecule has 1 aliphatic heterocycles. The van der Waals surface area contributed by atoms with Crippen molar-refractivity contribution in [3.8, 4) is 0 Å². The van der Waals surface area contributed by atoms with Gasteiger partial charge in [-0.25, -0.2) is 4.98 Å². The molecular weight excluding hydrogens is 376 g/mol. The summed E-state index contributed by atoms with van der Waals surface area (Å²) in [5.41, 5.74) is 3.70. The Morgan fingerprint density at radius 2 is 2.00 bits per heavy atom. The summed E-state index contributed by atoms with van der Waals surface area (Å²) in [6, 6.07) is 16.4. The van der Waals surface area contributed by atoms with Crippen LogP contribution in [0.3, 0.4) is 0 Å². The molecule has 0 bridgehead atoms. The molecule has 0 saturated carbocycles. The molecule has 1 atom stereocenters. The van der Waals surface area contributed by atoms with Gasteiger partial charge in [0, 0.05) is 58.1 Å². The zero-order chi connectivity index (χ0) is 21.1. The van der Waals surface area contributed by atoms with E-state index >= 15 is 0 Å². The summed E-state index contributed by atoms with van der Waals surface area (Å²) in [5, 5.41) is 7.93. The minimum Gasteiger partial charge on any atom is -0.353 e. The Balaban J connectivity index is 1.48. The number of benzene rings is 1. The number of aromatic nitrogens is 3. The number of rotatable bonds is 5. The maximum Gasteiger partial charge on any atom is 0.272 e. The van der Waals surface area contributed by atoms with Gasteiger partial charge in [-0.1, -0.05) is 36.4 Å². The van der Waals surface area contributed by atoms with Crippen molar-refractivity contribution in [1.82, 2.24) is 25.0 Å². The lowest BCUT2D eigenvalue weighted by Gasteiger charge is -2.35. The molecule has 1 aliphatic rings. The Morgan fingerprint density at radius 1 is 1.20 bits per heavy atom. The largest absolute Gasteiger partial charge is 0.353 e. The molecule has 2 aromatic heterocycles. The molecule has 4 rings (SSSR count). The first-order valence-electron chi connectivity index (χ1n) is 10.3. The van der Waals surface area contributed by atoms with Gasteiger partial charge in [0.1, 0.15) is 11.5 Å². The number of hydrogen-bond donors (Lipinski definition) is 1. The highest BCUT2D eigenvalue weighted by Gasteiger charge is 2.23. The summed E-state index contributed by atoms with van der Waals surface area (Å²) in [7, 11) is 3.69. The van der Waals surface area contributed by atoms with Crippen molar-refractivity contribution < 1.29 is 4.79 Å². The number of aryl methyl sites for hydroxylation is 2. The van der Waals surface area contributed by atoms with Gasteiger partial charge in [-0.05, 0) is 24.6 Å². The molecule has 0 aliphatic carbocycles. The van der Waals surface area contributed by atoms with Crippen molar-refractivity contribution in [2.45, 2.75) is 19.5 Å². The second kappa shape index (κ2) is 8.67. The van der Waals surface area contributed by atoms with Crippen LogP contribution in [0.5, 0.6) is 0 Å². The van der Waals surface area contributed by atoms with Crippen LogP contribution in [0.25, 0.3) is 0 Å². The van der Waals surface area contributed by atoms with Gasteiger partial charge < -0.3 is 15.1 Å². The van der Waals surface area contributed by atoms with E-state index < -0.39 is 0 Å². The third-order valence-electron chi connectivity index (χ3n) is 5.52. The molecule has 1 aromatic carbocycles. The van der Waals surface area contributed by atoms with Crippen LogP contribution in [0.15, 0.2) is 54.7 Å². The van der Waals surface area contributed by atoms with E-state index in [0.717, 1.165) is 36.7 Å². The minimum absolute atomic E-state index is 0.0881. The molecule has 1 N–H and O–H groups in total. The fourth-order valence-electron chi connectivity index (χ4n) is 3.91. The van der Waals surface area contributed by atoms with Crippen LogP contribution >= 0.6 is 0 Å². The van der Waals surface area contributed by atoms with Gasteiger partial charge in [-0.15, -0.1) is 0 Å². The average Bonchev–Trinajstić information content (AvgIpc) is 3.10. The molecular formula is C23H28N6O. The highest BCUT2D eigenvalue weighted by atomic mass is 16.2. The normalized spacial score (nSPS) is 16.5. The summed E-state index contributed by atoms with van der Waals surface area (Å²) in [4.78, 5) is 21.6. The standard InChI is InChI=1S/C23H28N6O/c1-17-19(15-28(3)26-17)14-27(2)23(30)20-10-7-11-22(25-20)29-13-12-24-21(16-29)18-8-5-4-6-9-18/h4-11,15,21,24H,12-14,16H2,1-3H3/t21-/m0/s1. The Bertz CT molecular complexity index is 1020. The minimum atomic E-state index is -0.0881. The zero-order valence-electron chi connectivity index (χ0n) is 17.7. The fraction of sp³-hybridized carbons (Fsp3) is 0.348. The summed E-state index contributed by atoms with van der Waals surface area (Å²) in [6.07, 6.45) is 1.95. The average molecular weight is 405 g/mol. The Morgan fingerprint density at radius 3 is 2.73 bits per heavy atom. The van der Waals surface area contributed by atoms with Crippen LogP contribution in [0.2, 0.25) is 0 Å². The molecule has 0 unspecified atom stereocenters. The molecule has 7 heteroatoms. The Hall–Kier alpha value is -3.19. The van der Waals surface area contributed by atoms with Gasteiger partial charge in [0.05, 0.1) is 5.69 Å². The first-order chi connectivity index (χ1) is 14.5. The van der Waals surface area contributed by atoms with Crippen LogP contribution in [0, 0.1) is 6.92 Å². The van der Waals surface area contributed by atoms with Crippen molar-refractivity contribution in [2.75, 3.05) is 31.6 Å². The number of nitrogens with zero attached hydrogens (tertiary/aromatic N) is 5. The Kier molecular flexibility index (Phi) is 5.81. The molecule has 7 nitrogen and oxygen atoms in total. The Labute approximate surface area is 177 Å². The molecule has 156 valence electrons. The number of hydrogen-bond acceptors (Lipinski definition) is 5. The smallest absolute Gasteiger partial charge is 0.272 e. The number of amides is 1. The van der Waals surface area contributed by atoms with Gasteiger partial charge in [-0.2, -0.15) is 5.10 Å². The van der Waals surface area contributed by atoms with E-state index in [-0.39, 0.29) is 11.9 Å². The molecule has 0 radical (unpaired) electrons. The van der Waals surface area contributed by atoms with Crippen LogP contribution in [0.4, 0.5) is 5.82 Å². The molecule has 30 heavy (non-hydrogen) atoms. The van der Waals surface area contributed by atoms with Crippen molar-refractivity contribution in [2.24, 2.45) is 7.05 Å². The number of piperazine rings is 1. The lowest BCUT2D eigenvalue weighted by molar-refractivity contribution is 0.0779. The summed E-state index contributed by atoms with van der Waals surface area (Å²) in [6.45, 7) is 5.02. The van der Waals surface area contributed by atoms with Crippen LogP contribution in [0.1, 0.15) is 33.4 Å². The van der Waals surface area contributed by atoms with E-state index in [1.807, 2.05) is 38.4 Å². The number of carbonyl (C=O) groups is 1. The van der Waals surface area contributed by atoms with Crippen LogP contribution < -0.4 is 10.2 Å². The van der Waals surface area contributed by atoms with Crippen LogP contribution in [-0.4, -0.2) is 52.3 Å². The molecule has 1 fully saturated rings. The quantitative estimate of drug-likeness (QED) is 0.708. The first-order valence-corrected chi connectivity index (χ1v) is 10.3. The lowest BCUT2D eigenvalue weighted by Crippen LogP contribution is -2.46. The van der Waals surface area contributed by atoms with Crippen LogP contribution in [-0.2, 0) is 13.6 Å². The van der Waals surface area contributed by atoms with Gasteiger partial charge in [-0.3, -0.25) is 9.48 Å². The highest BCUT2D eigenvalue weighted by Crippen LogP contribution is 2.22. The second-order valence-electron chi connectivity index (χ2n) is 7.82. The second-order valence-corrected chi connectivity index (χ2v) is 7.82. The van der Waals surface area contributed by atoms with E-state index in [9.17, 15) is 4.79 Å². The summed E-state index contributed by atoms with van der Waals surface area (Å²) in [5.74, 6) is 0.754. The summed E-state index contributed by atoms with van der Waals surface area (Å²) < 4.78 is 1.77. The number of anilines is 1. The van der Waals surface area contributed by atoms with E-state index in [2.05, 4.69) is 39.6 Å². The monoisotopic (exact) mass is 404 g/mol. The maximum absolute atomic E-state index is 13.0. The number of pyridine rings is 1. The zero-order valence-corrected chi connectivity index (χ0v) is 17.7. The SMILES string of the molecule is Cc1nn(C)cc1CN(C)C(=O)c1cccc(N2CCN[C@H](c3ccccc3)C2)n1. The van der Waals surface area contributed by atoms with E-state index in [1.165, 1.54) is 5.56 Å². The lowest BCUT2D eigenvalue weighted by atomic mass is 10.0. The van der Waals surface area contributed by atoms with E-state index in [0.29, 0.717) is 12.2 Å². The predicted octanol–water partition coefficient (Wildman–Crippen LogP) is 2.55. The number of carbonyl (C=O) groups excluding carboxylic acids is 1. The molecule has 1 saturated heterocycles. The van der Waals surface area contributed by atoms with Crippen molar-refractivity contribution in [1.29, 1.82) is 0 Å². The number of nitrogens with one attached hydrogen (secondary N) is 1. The van der Waals surface area contributed by atoms with Gasteiger partial charge in [0.15, 0.2) is 0 Å². The fourth-order valence-corrected chi connectivity index (χ4v) is 3.91.